The molecule has 1 heterocycles. The molecule has 0 aromatic carbocycles. The number of nitrogens with one attached hydrogen (secondary N) is 1. The Morgan fingerprint density at radius 2 is 2.14 bits per heavy atom. The van der Waals surface area contributed by atoms with E-state index < -0.39 is 0 Å². The third-order valence-electron chi connectivity index (χ3n) is 5.12. The Bertz CT molecular complexity index is 431. The van der Waals surface area contributed by atoms with Crippen molar-refractivity contribution in [3.63, 3.8) is 0 Å². The van der Waals surface area contributed by atoms with Gasteiger partial charge in [-0.05, 0) is 49.5 Å². The monoisotopic (exact) mass is 291 g/mol. The van der Waals surface area contributed by atoms with Gasteiger partial charge < -0.3 is 9.88 Å². The first-order valence-corrected chi connectivity index (χ1v) is 8.57. The SMILES string of the molecule is CC(C)NCC1CCC(C)(C)CC1CCc1nccn1C. The minimum absolute atomic E-state index is 0.515. The van der Waals surface area contributed by atoms with E-state index in [1.807, 2.05) is 6.20 Å². The van der Waals surface area contributed by atoms with Crippen LogP contribution in [0.4, 0.5) is 0 Å². The van der Waals surface area contributed by atoms with Crippen molar-refractivity contribution in [2.75, 3.05) is 6.54 Å². The first kappa shape index (κ1) is 16.5. The lowest BCUT2D eigenvalue weighted by Crippen LogP contribution is -2.38. The van der Waals surface area contributed by atoms with E-state index in [-0.39, 0.29) is 0 Å². The number of rotatable bonds is 6. The quantitative estimate of drug-likeness (QED) is 0.864. The van der Waals surface area contributed by atoms with Gasteiger partial charge in [-0.15, -0.1) is 0 Å². The molecule has 0 saturated heterocycles. The Balaban J connectivity index is 1.94. The van der Waals surface area contributed by atoms with Crippen LogP contribution >= 0.6 is 0 Å². The maximum Gasteiger partial charge on any atom is 0.108 e. The Morgan fingerprint density at radius 3 is 2.76 bits per heavy atom. The summed E-state index contributed by atoms with van der Waals surface area (Å²) in [4.78, 5) is 4.48. The minimum atomic E-state index is 0.515. The molecule has 1 N–H and O–H groups in total. The molecule has 1 aliphatic rings. The number of imidazole rings is 1. The summed E-state index contributed by atoms with van der Waals surface area (Å²) < 4.78 is 2.16. The van der Waals surface area contributed by atoms with Gasteiger partial charge in [-0.1, -0.05) is 27.7 Å². The second-order valence-corrected chi connectivity index (χ2v) is 7.98. The molecule has 1 aromatic heterocycles. The molecule has 0 spiro atoms. The molecule has 1 fully saturated rings. The van der Waals surface area contributed by atoms with Crippen LogP contribution in [-0.2, 0) is 13.5 Å². The Hall–Kier alpha value is -0.830. The molecule has 2 unspecified atom stereocenters. The lowest BCUT2D eigenvalue weighted by Gasteiger charge is -2.41. The molecule has 1 saturated carbocycles. The van der Waals surface area contributed by atoms with E-state index in [0.717, 1.165) is 18.3 Å². The zero-order valence-corrected chi connectivity index (χ0v) is 14.5. The molecule has 3 heteroatoms. The number of hydrogen-bond donors (Lipinski definition) is 1. The van der Waals surface area contributed by atoms with Gasteiger partial charge in [0, 0.05) is 31.9 Å². The Kier molecular flexibility index (Phi) is 5.48. The number of aromatic nitrogens is 2. The summed E-state index contributed by atoms with van der Waals surface area (Å²) >= 11 is 0. The highest BCUT2D eigenvalue weighted by atomic mass is 15.0. The highest BCUT2D eigenvalue weighted by Crippen LogP contribution is 2.43. The van der Waals surface area contributed by atoms with Crippen LogP contribution in [0.5, 0.6) is 0 Å². The third kappa shape index (κ3) is 4.84. The zero-order chi connectivity index (χ0) is 15.5. The van der Waals surface area contributed by atoms with Crippen LogP contribution in [0.1, 0.15) is 59.2 Å². The fraction of sp³-hybridized carbons (Fsp3) is 0.833. The van der Waals surface area contributed by atoms with Gasteiger partial charge in [0.15, 0.2) is 0 Å². The molecule has 0 radical (unpaired) electrons. The van der Waals surface area contributed by atoms with Gasteiger partial charge in [-0.3, -0.25) is 0 Å². The van der Waals surface area contributed by atoms with Crippen LogP contribution in [0, 0.1) is 17.3 Å². The average Bonchev–Trinajstić information content (AvgIpc) is 2.80. The molecule has 120 valence electrons. The first-order valence-electron chi connectivity index (χ1n) is 8.57. The van der Waals surface area contributed by atoms with Crippen molar-refractivity contribution < 1.29 is 0 Å². The van der Waals surface area contributed by atoms with Crippen molar-refractivity contribution in [2.45, 2.75) is 65.8 Å². The predicted octanol–water partition coefficient (Wildman–Crippen LogP) is 3.79. The summed E-state index contributed by atoms with van der Waals surface area (Å²) in [7, 11) is 2.10. The largest absolute Gasteiger partial charge is 0.338 e. The second-order valence-electron chi connectivity index (χ2n) is 7.98. The van der Waals surface area contributed by atoms with E-state index in [0.29, 0.717) is 11.5 Å². The average molecular weight is 291 g/mol. The fourth-order valence-electron chi connectivity index (χ4n) is 3.74. The van der Waals surface area contributed by atoms with Crippen molar-refractivity contribution >= 4 is 0 Å². The Labute approximate surface area is 130 Å². The summed E-state index contributed by atoms with van der Waals surface area (Å²) in [6, 6.07) is 0.593. The molecular weight excluding hydrogens is 258 g/mol. The molecule has 0 aliphatic heterocycles. The molecule has 21 heavy (non-hydrogen) atoms. The summed E-state index contributed by atoms with van der Waals surface area (Å²) in [5, 5.41) is 3.66. The van der Waals surface area contributed by atoms with Gasteiger partial charge in [0.05, 0.1) is 0 Å². The van der Waals surface area contributed by atoms with E-state index in [4.69, 9.17) is 0 Å². The normalized spacial score (nSPS) is 25.4. The second kappa shape index (κ2) is 6.95. The van der Waals surface area contributed by atoms with E-state index in [1.54, 1.807) is 0 Å². The first-order chi connectivity index (χ1) is 9.87. The van der Waals surface area contributed by atoms with Gasteiger partial charge >= 0.3 is 0 Å². The van der Waals surface area contributed by atoms with Crippen LogP contribution < -0.4 is 5.32 Å². The van der Waals surface area contributed by atoms with Crippen LogP contribution in [0.15, 0.2) is 12.4 Å². The smallest absolute Gasteiger partial charge is 0.108 e. The summed E-state index contributed by atoms with van der Waals surface area (Å²) in [5.74, 6) is 2.89. The molecular formula is C18H33N3. The van der Waals surface area contributed by atoms with Gasteiger partial charge in [0.1, 0.15) is 5.82 Å². The van der Waals surface area contributed by atoms with Crippen molar-refractivity contribution in [1.29, 1.82) is 0 Å². The predicted molar refractivity (Wildman–Crippen MR) is 89.3 cm³/mol. The van der Waals surface area contributed by atoms with Gasteiger partial charge in [-0.25, -0.2) is 4.98 Å². The molecule has 1 aromatic rings. The maximum atomic E-state index is 4.48. The number of aryl methyl sites for hydroxylation is 2. The Morgan fingerprint density at radius 1 is 1.38 bits per heavy atom. The lowest BCUT2D eigenvalue weighted by molar-refractivity contribution is 0.108. The summed E-state index contributed by atoms with van der Waals surface area (Å²) in [5.41, 5.74) is 0.515. The standard InChI is InChI=1S/C18H33N3/c1-14(2)20-13-16-8-9-18(3,4)12-15(16)6-7-17-19-10-11-21(17)5/h10-11,14-16,20H,6-9,12-13H2,1-5H3. The number of nitrogens with zero attached hydrogens (tertiary/aromatic N) is 2. The summed E-state index contributed by atoms with van der Waals surface area (Å²) in [6.45, 7) is 10.5. The van der Waals surface area contributed by atoms with Gasteiger partial charge in [0.2, 0.25) is 0 Å². The minimum Gasteiger partial charge on any atom is -0.338 e. The maximum absolute atomic E-state index is 4.48. The van der Waals surface area contributed by atoms with Crippen LogP contribution in [-0.4, -0.2) is 22.1 Å². The van der Waals surface area contributed by atoms with Crippen LogP contribution in [0.2, 0.25) is 0 Å². The zero-order valence-electron chi connectivity index (χ0n) is 14.5. The fourth-order valence-corrected chi connectivity index (χ4v) is 3.74. The summed E-state index contributed by atoms with van der Waals surface area (Å²) in [6.07, 6.45) is 10.5. The number of hydrogen-bond acceptors (Lipinski definition) is 2. The van der Waals surface area contributed by atoms with Crippen molar-refractivity contribution in [2.24, 2.45) is 24.3 Å². The highest BCUT2D eigenvalue weighted by molar-refractivity contribution is 4.93. The van der Waals surface area contributed by atoms with E-state index in [2.05, 4.69) is 55.8 Å². The van der Waals surface area contributed by atoms with Crippen LogP contribution in [0.25, 0.3) is 0 Å². The topological polar surface area (TPSA) is 29.9 Å². The van der Waals surface area contributed by atoms with E-state index in [1.165, 1.54) is 38.1 Å². The molecule has 0 amide bonds. The molecule has 2 rings (SSSR count). The lowest BCUT2D eigenvalue weighted by atomic mass is 9.66. The van der Waals surface area contributed by atoms with Gasteiger partial charge in [0.25, 0.3) is 0 Å². The van der Waals surface area contributed by atoms with E-state index in [9.17, 15) is 0 Å². The van der Waals surface area contributed by atoms with Crippen molar-refractivity contribution in [1.82, 2.24) is 14.9 Å². The van der Waals surface area contributed by atoms with Crippen molar-refractivity contribution in [3.05, 3.63) is 18.2 Å². The molecule has 2 atom stereocenters. The van der Waals surface area contributed by atoms with E-state index >= 15 is 0 Å². The third-order valence-corrected chi connectivity index (χ3v) is 5.12. The van der Waals surface area contributed by atoms with Crippen LogP contribution in [0.3, 0.4) is 0 Å². The highest BCUT2D eigenvalue weighted by Gasteiger charge is 2.34. The van der Waals surface area contributed by atoms with Crippen molar-refractivity contribution in [3.8, 4) is 0 Å². The molecule has 1 aliphatic carbocycles. The molecule has 0 bridgehead atoms. The van der Waals surface area contributed by atoms with Gasteiger partial charge in [-0.2, -0.15) is 0 Å². The molecule has 3 nitrogen and oxygen atoms in total.